The Morgan fingerprint density at radius 3 is 2.75 bits per heavy atom. The van der Waals surface area contributed by atoms with Gasteiger partial charge in [-0.25, -0.2) is 4.79 Å². The third kappa shape index (κ3) is 1.93. The molecule has 0 aliphatic heterocycles. The molecule has 0 spiro atoms. The van der Waals surface area contributed by atoms with E-state index in [2.05, 4.69) is 23.0 Å². The molecule has 0 aliphatic rings. The van der Waals surface area contributed by atoms with E-state index in [1.165, 1.54) is 5.32 Å². The summed E-state index contributed by atoms with van der Waals surface area (Å²) in [4.78, 5) is 11.1. The number of hydrogen-bond acceptors (Lipinski definition) is 1. The van der Waals surface area contributed by atoms with Crippen LogP contribution in [0.25, 0.3) is 0 Å². The topological polar surface area (TPSA) is 33.7 Å². The summed E-state index contributed by atoms with van der Waals surface area (Å²) in [5.74, 6) is -0.0365. The Hall–Kier alpha value is -0.670. The molecule has 0 saturated carbocycles. The predicted molar refractivity (Wildman–Crippen MR) is 50.5 cm³/mol. The van der Waals surface area contributed by atoms with Gasteiger partial charge in [0, 0.05) is 4.47 Å². The summed E-state index contributed by atoms with van der Waals surface area (Å²) < 4.78 is 1.02. The SMILES string of the molecule is [CH2-][NH2+]C(=O)c1ccc(Br)c(C)c1. The minimum absolute atomic E-state index is 0.0365. The molecule has 0 fully saturated rings. The molecule has 2 N–H and O–H groups in total. The van der Waals surface area contributed by atoms with E-state index in [0.29, 0.717) is 5.56 Å². The number of primary amides is 1. The van der Waals surface area contributed by atoms with Gasteiger partial charge in [-0.1, -0.05) is 15.9 Å². The number of rotatable bonds is 1. The van der Waals surface area contributed by atoms with Crippen molar-refractivity contribution in [3.63, 3.8) is 0 Å². The maximum Gasteiger partial charge on any atom is 0.316 e. The second kappa shape index (κ2) is 3.83. The van der Waals surface area contributed by atoms with E-state index in [1.54, 1.807) is 6.07 Å². The Bertz CT molecular complexity index is 309. The van der Waals surface area contributed by atoms with E-state index in [1.807, 2.05) is 19.1 Å². The second-order valence-corrected chi connectivity index (χ2v) is 3.39. The Morgan fingerprint density at radius 1 is 1.58 bits per heavy atom. The van der Waals surface area contributed by atoms with Crippen LogP contribution in [-0.2, 0) is 0 Å². The summed E-state index contributed by atoms with van der Waals surface area (Å²) in [7, 11) is 3.43. The van der Waals surface area contributed by atoms with Gasteiger partial charge in [-0.3, -0.25) is 0 Å². The first-order chi connectivity index (χ1) is 5.65. The fourth-order valence-electron chi connectivity index (χ4n) is 0.916. The van der Waals surface area contributed by atoms with Crippen molar-refractivity contribution in [3.05, 3.63) is 40.8 Å². The largest absolute Gasteiger partial charge is 0.411 e. The van der Waals surface area contributed by atoms with Gasteiger partial charge in [0.15, 0.2) is 0 Å². The normalized spacial score (nSPS) is 9.92. The number of amides is 1. The lowest BCUT2D eigenvalue weighted by Crippen LogP contribution is -2.81. The summed E-state index contributed by atoms with van der Waals surface area (Å²) in [6.45, 7) is 1.95. The molecule has 1 aromatic carbocycles. The Kier molecular flexibility index (Phi) is 3.00. The number of carbonyl (C=O) groups is 1. The summed E-state index contributed by atoms with van der Waals surface area (Å²) >= 11 is 3.36. The minimum atomic E-state index is -0.0365. The van der Waals surface area contributed by atoms with Gasteiger partial charge in [0.2, 0.25) is 0 Å². The smallest absolute Gasteiger partial charge is 0.316 e. The standard InChI is InChI=1S/C9H10BrNO/c1-6-5-7(9(12)11-2)3-4-8(6)10/h3-5H,2,11H2,1H3. The molecule has 0 atom stereocenters. The third-order valence-electron chi connectivity index (χ3n) is 1.63. The van der Waals surface area contributed by atoms with Crippen LogP contribution in [-0.4, -0.2) is 5.91 Å². The number of carbonyl (C=O) groups excluding carboxylic acids is 1. The van der Waals surface area contributed by atoms with Crippen LogP contribution in [0.4, 0.5) is 0 Å². The zero-order chi connectivity index (χ0) is 9.14. The molecule has 0 bridgehead atoms. The molecule has 0 radical (unpaired) electrons. The van der Waals surface area contributed by atoms with Gasteiger partial charge >= 0.3 is 5.91 Å². The van der Waals surface area contributed by atoms with Crippen molar-refractivity contribution in [2.45, 2.75) is 6.92 Å². The van der Waals surface area contributed by atoms with Gasteiger partial charge in [0.1, 0.15) is 0 Å². The maximum absolute atomic E-state index is 11.1. The van der Waals surface area contributed by atoms with Crippen molar-refractivity contribution in [2.24, 2.45) is 0 Å². The molecular weight excluding hydrogens is 218 g/mol. The molecule has 1 rings (SSSR count). The Labute approximate surface area is 80.1 Å². The van der Waals surface area contributed by atoms with Crippen molar-refractivity contribution in [2.75, 3.05) is 0 Å². The number of hydrogen-bond donors (Lipinski definition) is 1. The number of halogens is 1. The average molecular weight is 228 g/mol. The van der Waals surface area contributed by atoms with E-state index in [4.69, 9.17) is 0 Å². The molecule has 2 nitrogen and oxygen atoms in total. The molecule has 1 amide bonds. The predicted octanol–water partition coefficient (Wildman–Crippen LogP) is 1.25. The third-order valence-corrected chi connectivity index (χ3v) is 2.52. The molecule has 0 aliphatic carbocycles. The molecule has 64 valence electrons. The van der Waals surface area contributed by atoms with Crippen LogP contribution >= 0.6 is 15.9 Å². The molecule has 0 saturated heterocycles. The van der Waals surface area contributed by atoms with Crippen molar-refractivity contribution in [1.82, 2.24) is 0 Å². The van der Waals surface area contributed by atoms with Crippen molar-refractivity contribution < 1.29 is 10.1 Å². The first-order valence-corrected chi connectivity index (χ1v) is 4.37. The van der Waals surface area contributed by atoms with Gasteiger partial charge in [-0.15, -0.1) is 7.05 Å². The highest BCUT2D eigenvalue weighted by Gasteiger charge is 2.05. The molecule has 0 heterocycles. The van der Waals surface area contributed by atoms with Gasteiger partial charge in [0.05, 0.1) is 5.56 Å². The highest BCUT2D eigenvalue weighted by molar-refractivity contribution is 9.10. The van der Waals surface area contributed by atoms with Crippen LogP contribution in [0.3, 0.4) is 0 Å². The molecule has 0 unspecified atom stereocenters. The fraction of sp³-hybridized carbons (Fsp3) is 0.111. The van der Waals surface area contributed by atoms with E-state index < -0.39 is 0 Å². The van der Waals surface area contributed by atoms with Crippen molar-refractivity contribution in [3.8, 4) is 0 Å². The average Bonchev–Trinajstić information content (AvgIpc) is 2.08. The zero-order valence-electron chi connectivity index (χ0n) is 6.80. The lowest BCUT2D eigenvalue weighted by molar-refractivity contribution is -0.489. The Balaban J connectivity index is 3.05. The van der Waals surface area contributed by atoms with Crippen LogP contribution in [0.5, 0.6) is 0 Å². The lowest BCUT2D eigenvalue weighted by Gasteiger charge is -2.01. The molecule has 12 heavy (non-hydrogen) atoms. The summed E-state index contributed by atoms with van der Waals surface area (Å²) in [6, 6.07) is 5.49. The van der Waals surface area contributed by atoms with Crippen LogP contribution in [0, 0.1) is 14.0 Å². The quantitative estimate of drug-likeness (QED) is 0.721. The monoisotopic (exact) mass is 227 g/mol. The lowest BCUT2D eigenvalue weighted by atomic mass is 10.1. The highest BCUT2D eigenvalue weighted by Crippen LogP contribution is 2.16. The molecule has 0 aromatic heterocycles. The summed E-state index contributed by atoms with van der Waals surface area (Å²) in [5.41, 5.74) is 1.74. The molecule has 3 heteroatoms. The first kappa shape index (κ1) is 9.42. The number of aryl methyl sites for hydroxylation is 1. The second-order valence-electron chi connectivity index (χ2n) is 2.53. The molecular formula is C9H10BrNO. The van der Waals surface area contributed by atoms with Gasteiger partial charge < -0.3 is 5.32 Å². The number of benzene rings is 1. The van der Waals surface area contributed by atoms with Crippen LogP contribution in [0.15, 0.2) is 22.7 Å². The minimum Gasteiger partial charge on any atom is -0.411 e. The van der Waals surface area contributed by atoms with Gasteiger partial charge in [0.25, 0.3) is 0 Å². The highest BCUT2D eigenvalue weighted by atomic mass is 79.9. The van der Waals surface area contributed by atoms with E-state index in [9.17, 15) is 4.79 Å². The number of nitrogens with two attached hydrogens (primary N) is 1. The van der Waals surface area contributed by atoms with E-state index >= 15 is 0 Å². The maximum atomic E-state index is 11.1. The number of quaternary nitrogens is 1. The first-order valence-electron chi connectivity index (χ1n) is 3.58. The Morgan fingerprint density at radius 2 is 2.25 bits per heavy atom. The van der Waals surface area contributed by atoms with Crippen LogP contribution < -0.4 is 5.32 Å². The van der Waals surface area contributed by atoms with E-state index in [-0.39, 0.29) is 5.91 Å². The fourth-order valence-corrected chi connectivity index (χ4v) is 1.16. The summed E-state index contributed by atoms with van der Waals surface area (Å²) in [6.07, 6.45) is 0. The van der Waals surface area contributed by atoms with Crippen LogP contribution in [0.2, 0.25) is 0 Å². The van der Waals surface area contributed by atoms with Crippen LogP contribution in [0.1, 0.15) is 15.9 Å². The summed E-state index contributed by atoms with van der Waals surface area (Å²) in [5, 5.41) is 1.32. The van der Waals surface area contributed by atoms with Gasteiger partial charge in [-0.2, -0.15) is 0 Å². The van der Waals surface area contributed by atoms with Crippen molar-refractivity contribution in [1.29, 1.82) is 0 Å². The van der Waals surface area contributed by atoms with Crippen molar-refractivity contribution >= 4 is 21.8 Å². The van der Waals surface area contributed by atoms with E-state index in [0.717, 1.165) is 10.0 Å². The molecule has 1 aromatic rings. The zero-order valence-corrected chi connectivity index (χ0v) is 8.39. The van der Waals surface area contributed by atoms with Gasteiger partial charge in [-0.05, 0) is 30.7 Å².